The van der Waals surface area contributed by atoms with Crippen LogP contribution in [-0.4, -0.2) is 23.1 Å². The number of nitrogens with one attached hydrogen (secondary N) is 2. The Labute approximate surface area is 170 Å². The number of nitrogens with zero attached hydrogens (tertiary/aromatic N) is 1. The van der Waals surface area contributed by atoms with Gasteiger partial charge >= 0.3 is 0 Å². The molecule has 6 nitrogen and oxygen atoms in total. The smallest absolute Gasteiger partial charge is 0.270 e. The Morgan fingerprint density at radius 1 is 1.28 bits per heavy atom. The molecule has 1 aliphatic rings. The number of fused-ring (bicyclic) bond motifs is 3. The highest BCUT2D eigenvalue weighted by atomic mass is 16.6. The third-order valence-corrected chi connectivity index (χ3v) is 5.91. The number of hydrogen-bond acceptors (Lipinski definition) is 4. The van der Waals surface area contributed by atoms with Crippen LogP contribution in [0.1, 0.15) is 49.0 Å². The maximum Gasteiger partial charge on any atom is 0.270 e. The van der Waals surface area contributed by atoms with E-state index in [1.165, 1.54) is 16.8 Å². The summed E-state index contributed by atoms with van der Waals surface area (Å²) in [4.78, 5) is 14.3. The quantitative estimate of drug-likeness (QED) is 0.434. The normalized spacial score (nSPS) is 17.1. The lowest BCUT2D eigenvalue weighted by Crippen LogP contribution is -2.33. The van der Waals surface area contributed by atoms with Gasteiger partial charge in [-0.2, -0.15) is 0 Å². The summed E-state index contributed by atoms with van der Waals surface area (Å²) in [6, 6.07) is 14.0. The van der Waals surface area contributed by atoms with Gasteiger partial charge in [0.05, 0.1) is 12.0 Å². The molecule has 0 bridgehead atoms. The molecule has 0 radical (unpaired) electrons. The van der Waals surface area contributed by atoms with Crippen LogP contribution in [0.15, 0.2) is 42.5 Å². The zero-order valence-corrected chi connectivity index (χ0v) is 16.9. The number of H-pyrrole nitrogens is 1. The zero-order chi connectivity index (χ0) is 20.4. The van der Waals surface area contributed by atoms with Crippen molar-refractivity contribution in [3.8, 4) is 5.75 Å². The summed E-state index contributed by atoms with van der Waals surface area (Å²) in [5.74, 6) is 0.883. The summed E-state index contributed by atoms with van der Waals surface area (Å²) in [6.07, 6.45) is 5.19. The van der Waals surface area contributed by atoms with Crippen molar-refractivity contribution in [1.82, 2.24) is 10.3 Å². The van der Waals surface area contributed by atoms with E-state index in [2.05, 4.69) is 29.4 Å². The Morgan fingerprint density at radius 3 is 2.79 bits per heavy atom. The van der Waals surface area contributed by atoms with Gasteiger partial charge in [0.25, 0.3) is 5.69 Å². The molecule has 29 heavy (non-hydrogen) atoms. The van der Waals surface area contributed by atoms with Crippen molar-refractivity contribution in [3.05, 3.63) is 69.4 Å². The van der Waals surface area contributed by atoms with E-state index in [-0.39, 0.29) is 16.7 Å². The molecule has 0 fully saturated rings. The van der Waals surface area contributed by atoms with E-state index >= 15 is 0 Å². The number of aromatic amines is 1. The number of aromatic nitrogens is 1. The van der Waals surface area contributed by atoms with E-state index in [1.807, 2.05) is 18.2 Å². The molecule has 1 heterocycles. The van der Waals surface area contributed by atoms with E-state index in [4.69, 9.17) is 4.74 Å². The number of non-ortho nitro benzene ring substituents is 1. The van der Waals surface area contributed by atoms with Crippen molar-refractivity contribution in [2.24, 2.45) is 0 Å². The van der Waals surface area contributed by atoms with E-state index in [0.717, 1.165) is 48.8 Å². The van der Waals surface area contributed by atoms with E-state index < -0.39 is 0 Å². The van der Waals surface area contributed by atoms with Crippen LogP contribution >= 0.6 is 0 Å². The number of methoxy groups -OCH3 is 1. The SMILES string of the molecule is COc1ccc(CC[C@H](C)N[C@H]2CCCc3c2[nH]c2ccc([N+](=O)[O-])cc32)cc1. The number of ether oxygens (including phenoxy) is 1. The molecule has 0 amide bonds. The van der Waals surface area contributed by atoms with Crippen molar-refractivity contribution < 1.29 is 9.66 Å². The van der Waals surface area contributed by atoms with Gasteiger partial charge in [-0.05, 0) is 68.4 Å². The molecule has 2 atom stereocenters. The zero-order valence-electron chi connectivity index (χ0n) is 16.9. The lowest BCUT2D eigenvalue weighted by Gasteiger charge is -2.27. The minimum Gasteiger partial charge on any atom is -0.497 e. The van der Waals surface area contributed by atoms with Crippen molar-refractivity contribution in [2.75, 3.05) is 7.11 Å². The van der Waals surface area contributed by atoms with Crippen molar-refractivity contribution in [2.45, 2.75) is 51.1 Å². The highest BCUT2D eigenvalue weighted by molar-refractivity contribution is 5.87. The van der Waals surface area contributed by atoms with Gasteiger partial charge in [0, 0.05) is 40.8 Å². The fourth-order valence-electron chi connectivity index (χ4n) is 4.33. The highest BCUT2D eigenvalue weighted by Gasteiger charge is 2.26. The summed E-state index contributed by atoms with van der Waals surface area (Å²) in [7, 11) is 1.68. The third-order valence-electron chi connectivity index (χ3n) is 5.91. The molecule has 3 aromatic rings. The summed E-state index contributed by atoms with van der Waals surface area (Å²) in [5.41, 5.74) is 4.88. The summed E-state index contributed by atoms with van der Waals surface area (Å²) >= 11 is 0. The van der Waals surface area contributed by atoms with Crippen LogP contribution in [0.5, 0.6) is 5.75 Å². The van der Waals surface area contributed by atoms with E-state index in [0.29, 0.717) is 6.04 Å². The van der Waals surface area contributed by atoms with E-state index in [1.54, 1.807) is 19.2 Å². The van der Waals surface area contributed by atoms with Crippen LogP contribution in [0.25, 0.3) is 10.9 Å². The second kappa shape index (κ2) is 8.25. The van der Waals surface area contributed by atoms with Crippen molar-refractivity contribution >= 4 is 16.6 Å². The number of nitro benzene ring substituents is 1. The topological polar surface area (TPSA) is 80.2 Å². The molecular formula is C23H27N3O3. The predicted molar refractivity (Wildman–Crippen MR) is 115 cm³/mol. The fourth-order valence-corrected chi connectivity index (χ4v) is 4.33. The minimum atomic E-state index is -0.321. The van der Waals surface area contributed by atoms with Crippen LogP contribution in [0.2, 0.25) is 0 Å². The molecular weight excluding hydrogens is 366 g/mol. The number of hydrogen-bond donors (Lipinski definition) is 2. The molecule has 2 N–H and O–H groups in total. The highest BCUT2D eigenvalue weighted by Crippen LogP contribution is 2.36. The van der Waals surface area contributed by atoms with Gasteiger partial charge in [-0.1, -0.05) is 12.1 Å². The van der Waals surface area contributed by atoms with Crippen LogP contribution in [0.4, 0.5) is 5.69 Å². The van der Waals surface area contributed by atoms with Crippen LogP contribution in [-0.2, 0) is 12.8 Å². The number of benzene rings is 2. The molecule has 0 unspecified atom stereocenters. The van der Waals surface area contributed by atoms with Gasteiger partial charge in [0.2, 0.25) is 0 Å². The number of nitro groups is 1. The fraction of sp³-hybridized carbons (Fsp3) is 0.391. The minimum absolute atomic E-state index is 0.155. The first-order valence-corrected chi connectivity index (χ1v) is 10.2. The molecule has 2 aromatic carbocycles. The van der Waals surface area contributed by atoms with Gasteiger partial charge in [0.15, 0.2) is 0 Å². The van der Waals surface area contributed by atoms with Gasteiger partial charge in [-0.15, -0.1) is 0 Å². The molecule has 1 aromatic heterocycles. The lowest BCUT2D eigenvalue weighted by atomic mass is 9.91. The Morgan fingerprint density at radius 2 is 2.07 bits per heavy atom. The van der Waals surface area contributed by atoms with Gasteiger partial charge < -0.3 is 15.0 Å². The lowest BCUT2D eigenvalue weighted by molar-refractivity contribution is -0.384. The first kappa shape index (κ1) is 19.5. The molecule has 1 aliphatic carbocycles. The Bertz CT molecular complexity index is 1010. The van der Waals surface area contributed by atoms with Gasteiger partial charge in [-0.3, -0.25) is 10.1 Å². The first-order valence-electron chi connectivity index (χ1n) is 10.2. The maximum atomic E-state index is 11.1. The Balaban J connectivity index is 1.46. The Kier molecular flexibility index (Phi) is 5.53. The monoisotopic (exact) mass is 393 g/mol. The van der Waals surface area contributed by atoms with Gasteiger partial charge in [0.1, 0.15) is 5.75 Å². The molecule has 0 aliphatic heterocycles. The molecule has 4 rings (SSSR count). The average Bonchev–Trinajstić information content (AvgIpc) is 3.11. The largest absolute Gasteiger partial charge is 0.497 e. The molecule has 0 saturated carbocycles. The maximum absolute atomic E-state index is 11.1. The first-order chi connectivity index (χ1) is 14.0. The van der Waals surface area contributed by atoms with E-state index in [9.17, 15) is 10.1 Å². The summed E-state index contributed by atoms with van der Waals surface area (Å²) in [5, 5.41) is 15.9. The second-order valence-corrected chi connectivity index (χ2v) is 7.90. The molecule has 0 saturated heterocycles. The summed E-state index contributed by atoms with van der Waals surface area (Å²) in [6.45, 7) is 2.23. The second-order valence-electron chi connectivity index (χ2n) is 7.90. The molecule has 6 heteroatoms. The Hall–Kier alpha value is -2.86. The predicted octanol–water partition coefficient (Wildman–Crippen LogP) is 5.07. The van der Waals surface area contributed by atoms with Crippen LogP contribution in [0.3, 0.4) is 0 Å². The average molecular weight is 393 g/mol. The number of aryl methyl sites for hydroxylation is 2. The molecule has 0 spiro atoms. The summed E-state index contributed by atoms with van der Waals surface area (Å²) < 4.78 is 5.22. The standard InChI is InChI=1S/C23H27N3O3/c1-15(6-7-16-8-11-18(29-2)12-9-16)24-22-5-3-4-19-20-14-17(26(27)28)10-13-21(20)25-23(19)22/h8-15,22,24-25H,3-7H2,1-2H3/t15-,22-/m0/s1. The van der Waals surface area contributed by atoms with Crippen LogP contribution in [0, 0.1) is 10.1 Å². The van der Waals surface area contributed by atoms with Crippen molar-refractivity contribution in [1.29, 1.82) is 0 Å². The van der Waals surface area contributed by atoms with Crippen LogP contribution < -0.4 is 10.1 Å². The third kappa shape index (κ3) is 4.12. The van der Waals surface area contributed by atoms with Gasteiger partial charge in [-0.25, -0.2) is 0 Å². The molecule has 152 valence electrons. The van der Waals surface area contributed by atoms with Crippen molar-refractivity contribution in [3.63, 3.8) is 0 Å². The number of rotatable bonds is 7.